The molecule has 146 valence electrons. The Hall–Kier alpha value is -1.89. The summed E-state index contributed by atoms with van der Waals surface area (Å²) in [5.74, 6) is 0.500. The lowest BCUT2D eigenvalue weighted by Crippen LogP contribution is -2.32. The zero-order valence-corrected chi connectivity index (χ0v) is 18.0. The van der Waals surface area contributed by atoms with Crippen molar-refractivity contribution < 1.29 is 4.79 Å². The van der Waals surface area contributed by atoms with E-state index in [1.54, 1.807) is 22.7 Å². The van der Waals surface area contributed by atoms with Gasteiger partial charge in [0.1, 0.15) is 5.01 Å². The molecule has 1 aliphatic rings. The third kappa shape index (κ3) is 4.57. The number of hydrogen-bond donors (Lipinski definition) is 1. The van der Waals surface area contributed by atoms with E-state index in [1.807, 2.05) is 29.0 Å². The molecular weight excluding hydrogens is 410 g/mol. The summed E-state index contributed by atoms with van der Waals surface area (Å²) in [5, 5.41) is 8.86. The first-order valence-electron chi connectivity index (χ1n) is 9.34. The van der Waals surface area contributed by atoms with E-state index < -0.39 is 0 Å². The molecule has 1 N–H and O–H groups in total. The molecule has 7 heteroatoms. The van der Waals surface area contributed by atoms with E-state index >= 15 is 0 Å². The summed E-state index contributed by atoms with van der Waals surface area (Å²) in [5.41, 5.74) is 3.28. The molecule has 4 rings (SSSR count). The maximum Gasteiger partial charge on any atom is 0.226 e. The summed E-state index contributed by atoms with van der Waals surface area (Å²) in [7, 11) is 0. The fourth-order valence-corrected chi connectivity index (χ4v) is 5.33. The Morgan fingerprint density at radius 3 is 3.07 bits per heavy atom. The highest BCUT2D eigenvalue weighted by Gasteiger charge is 2.24. The Kier molecular flexibility index (Phi) is 5.99. The molecule has 0 aliphatic carbocycles. The Bertz CT molecular complexity index is 954. The number of nitrogens with one attached hydrogen (secondary N) is 1. The van der Waals surface area contributed by atoms with Crippen LogP contribution in [0.1, 0.15) is 17.7 Å². The van der Waals surface area contributed by atoms with Crippen molar-refractivity contribution in [2.45, 2.75) is 19.8 Å². The van der Waals surface area contributed by atoms with Crippen molar-refractivity contribution in [1.82, 2.24) is 10.3 Å². The largest absolute Gasteiger partial charge is 0.371 e. The van der Waals surface area contributed by atoms with E-state index in [-0.39, 0.29) is 5.91 Å². The Labute approximate surface area is 178 Å². The van der Waals surface area contributed by atoms with Gasteiger partial charge in [0.2, 0.25) is 5.91 Å². The standard InChI is InChI=1S/C21H22ClN3OS2/c1-14-4-5-16(22)9-18(14)25-7-6-15(12-25)11-23-20(26)10-17-13-28-21(24-17)19-3-2-8-27-19/h2-5,8-9,13,15H,6-7,10-12H2,1H3,(H,23,26). The van der Waals surface area contributed by atoms with Gasteiger partial charge in [-0.2, -0.15) is 0 Å². The molecule has 1 fully saturated rings. The van der Waals surface area contributed by atoms with Crippen molar-refractivity contribution in [3.05, 3.63) is 57.4 Å². The topological polar surface area (TPSA) is 45.2 Å². The fourth-order valence-electron chi connectivity index (χ4n) is 3.53. The van der Waals surface area contributed by atoms with Gasteiger partial charge < -0.3 is 10.2 Å². The van der Waals surface area contributed by atoms with Crippen molar-refractivity contribution in [1.29, 1.82) is 0 Å². The van der Waals surface area contributed by atoms with Gasteiger partial charge in [-0.25, -0.2) is 4.98 Å². The molecule has 4 nitrogen and oxygen atoms in total. The summed E-state index contributed by atoms with van der Waals surface area (Å²) in [6.45, 7) is 4.76. The summed E-state index contributed by atoms with van der Waals surface area (Å²) < 4.78 is 0. The molecule has 2 aromatic heterocycles. The van der Waals surface area contributed by atoms with E-state index in [0.29, 0.717) is 18.9 Å². The second-order valence-electron chi connectivity index (χ2n) is 7.13. The Morgan fingerprint density at radius 1 is 1.36 bits per heavy atom. The van der Waals surface area contributed by atoms with Crippen molar-refractivity contribution >= 4 is 45.9 Å². The van der Waals surface area contributed by atoms with Crippen LogP contribution in [0.15, 0.2) is 41.1 Å². The highest BCUT2D eigenvalue weighted by atomic mass is 35.5. The molecule has 0 spiro atoms. The van der Waals surface area contributed by atoms with Gasteiger partial charge >= 0.3 is 0 Å². The number of benzene rings is 1. The van der Waals surface area contributed by atoms with Gasteiger partial charge in [0.25, 0.3) is 0 Å². The zero-order chi connectivity index (χ0) is 19.5. The lowest BCUT2D eigenvalue weighted by Gasteiger charge is -2.21. The molecule has 0 saturated carbocycles. The first-order valence-corrected chi connectivity index (χ1v) is 11.5. The maximum absolute atomic E-state index is 12.3. The molecule has 1 atom stereocenters. The number of carbonyl (C=O) groups excluding carboxylic acids is 1. The van der Waals surface area contributed by atoms with E-state index in [2.05, 4.69) is 34.3 Å². The number of carbonyl (C=O) groups is 1. The number of thiophene rings is 1. The van der Waals surface area contributed by atoms with Crippen molar-refractivity contribution in [2.75, 3.05) is 24.5 Å². The minimum Gasteiger partial charge on any atom is -0.371 e. The zero-order valence-electron chi connectivity index (χ0n) is 15.7. The average molecular weight is 432 g/mol. The second-order valence-corrected chi connectivity index (χ2v) is 9.38. The average Bonchev–Trinajstić information content (AvgIpc) is 3.43. The predicted octanol–water partition coefficient (Wildman–Crippen LogP) is 5.02. The van der Waals surface area contributed by atoms with Crippen LogP contribution in [0.3, 0.4) is 0 Å². The fraction of sp³-hybridized carbons (Fsp3) is 0.333. The molecule has 1 saturated heterocycles. The molecule has 1 amide bonds. The molecular formula is C21H22ClN3OS2. The number of anilines is 1. The SMILES string of the molecule is Cc1ccc(Cl)cc1N1CCC(CNC(=O)Cc2csc(-c3cccs3)n2)C1. The van der Waals surface area contributed by atoms with Gasteiger partial charge in [-0.3, -0.25) is 4.79 Å². The molecule has 1 aliphatic heterocycles. The molecule has 3 aromatic rings. The number of thiazole rings is 1. The third-order valence-electron chi connectivity index (χ3n) is 5.01. The molecule has 1 unspecified atom stereocenters. The Balaban J connectivity index is 1.27. The maximum atomic E-state index is 12.3. The number of halogens is 1. The third-order valence-corrected chi connectivity index (χ3v) is 7.18. The van der Waals surface area contributed by atoms with Gasteiger partial charge in [0.05, 0.1) is 17.0 Å². The number of amides is 1. The normalized spacial score (nSPS) is 16.5. The summed E-state index contributed by atoms with van der Waals surface area (Å²) in [4.78, 5) is 20.4. The summed E-state index contributed by atoms with van der Waals surface area (Å²) in [6.07, 6.45) is 1.41. The smallest absolute Gasteiger partial charge is 0.226 e. The van der Waals surface area contributed by atoms with Gasteiger partial charge in [0.15, 0.2) is 0 Å². The lowest BCUT2D eigenvalue weighted by molar-refractivity contribution is -0.120. The molecule has 3 heterocycles. The van der Waals surface area contributed by atoms with E-state index in [4.69, 9.17) is 11.6 Å². The second kappa shape index (κ2) is 8.64. The van der Waals surface area contributed by atoms with Gasteiger partial charge in [-0.05, 0) is 48.4 Å². The minimum atomic E-state index is 0.0421. The highest BCUT2D eigenvalue weighted by Crippen LogP contribution is 2.29. The van der Waals surface area contributed by atoms with Gasteiger partial charge in [-0.15, -0.1) is 22.7 Å². The monoisotopic (exact) mass is 431 g/mol. The first-order chi connectivity index (χ1) is 13.6. The molecule has 1 aromatic carbocycles. The van der Waals surface area contributed by atoms with Crippen LogP contribution < -0.4 is 10.2 Å². The summed E-state index contributed by atoms with van der Waals surface area (Å²) >= 11 is 9.42. The van der Waals surface area contributed by atoms with Gasteiger partial charge in [-0.1, -0.05) is 23.7 Å². The van der Waals surface area contributed by atoms with Crippen LogP contribution in [0, 0.1) is 12.8 Å². The van der Waals surface area contributed by atoms with Crippen LogP contribution in [0.2, 0.25) is 5.02 Å². The van der Waals surface area contributed by atoms with Gasteiger partial charge in [0, 0.05) is 35.7 Å². The predicted molar refractivity (Wildman–Crippen MR) is 119 cm³/mol. The number of hydrogen-bond acceptors (Lipinski definition) is 5. The van der Waals surface area contributed by atoms with E-state index in [9.17, 15) is 4.79 Å². The highest BCUT2D eigenvalue weighted by molar-refractivity contribution is 7.20. The number of rotatable bonds is 6. The molecule has 0 bridgehead atoms. The quantitative estimate of drug-likeness (QED) is 0.596. The Morgan fingerprint density at radius 2 is 2.25 bits per heavy atom. The van der Waals surface area contributed by atoms with Crippen LogP contribution in [-0.2, 0) is 11.2 Å². The van der Waals surface area contributed by atoms with Crippen LogP contribution in [0.4, 0.5) is 5.69 Å². The first kappa shape index (κ1) is 19.4. The van der Waals surface area contributed by atoms with Crippen LogP contribution in [0.5, 0.6) is 0 Å². The van der Waals surface area contributed by atoms with Crippen molar-refractivity contribution in [3.63, 3.8) is 0 Å². The van der Waals surface area contributed by atoms with Crippen molar-refractivity contribution in [2.24, 2.45) is 5.92 Å². The number of nitrogens with zero attached hydrogens (tertiary/aromatic N) is 2. The minimum absolute atomic E-state index is 0.0421. The molecule has 28 heavy (non-hydrogen) atoms. The van der Waals surface area contributed by atoms with Crippen LogP contribution >= 0.6 is 34.3 Å². The number of aryl methyl sites for hydroxylation is 1. The lowest BCUT2D eigenvalue weighted by atomic mass is 10.1. The van der Waals surface area contributed by atoms with E-state index in [0.717, 1.165) is 40.1 Å². The van der Waals surface area contributed by atoms with E-state index in [1.165, 1.54) is 11.3 Å². The van der Waals surface area contributed by atoms with Crippen molar-refractivity contribution in [3.8, 4) is 9.88 Å². The van der Waals surface area contributed by atoms with Crippen LogP contribution in [-0.4, -0.2) is 30.5 Å². The summed E-state index contributed by atoms with van der Waals surface area (Å²) in [6, 6.07) is 10.1. The number of aromatic nitrogens is 1. The molecule has 0 radical (unpaired) electrons. The van der Waals surface area contributed by atoms with Crippen LogP contribution in [0.25, 0.3) is 9.88 Å².